The molecule has 1 unspecified atom stereocenters. The molecule has 0 aliphatic carbocycles. The van der Waals surface area contributed by atoms with Gasteiger partial charge in [-0.25, -0.2) is 9.37 Å². The molecule has 1 heterocycles. The second-order valence-corrected chi connectivity index (χ2v) is 4.62. The third-order valence-electron chi connectivity index (χ3n) is 2.94. The normalized spacial score (nSPS) is 11.7. The average Bonchev–Trinajstić information content (AvgIpc) is 2.51. The third kappa shape index (κ3) is 4.41. The van der Waals surface area contributed by atoms with Gasteiger partial charge >= 0.3 is 0 Å². The molecule has 1 amide bonds. The zero-order valence-corrected chi connectivity index (χ0v) is 12.0. The summed E-state index contributed by atoms with van der Waals surface area (Å²) in [6, 6.07) is 6.77. The van der Waals surface area contributed by atoms with Crippen molar-refractivity contribution in [1.29, 1.82) is 0 Å². The molecular weight excluding hydrogens is 289 g/mol. The van der Waals surface area contributed by atoms with E-state index < -0.39 is 6.10 Å². The number of ether oxygens (including phenoxy) is 1. The molecule has 2 aromatic rings. The smallest absolute Gasteiger partial charge is 0.260 e. The van der Waals surface area contributed by atoms with Gasteiger partial charge in [0.25, 0.3) is 11.5 Å². The Morgan fingerprint density at radius 3 is 2.77 bits per heavy atom. The Balaban J connectivity index is 1.80. The summed E-state index contributed by atoms with van der Waals surface area (Å²) in [5, 5.41) is 2.66. The summed E-state index contributed by atoms with van der Waals surface area (Å²) in [4.78, 5) is 27.2. The molecule has 0 fully saturated rings. The molecule has 0 saturated heterocycles. The molecule has 1 N–H and O–H groups in total. The van der Waals surface area contributed by atoms with Crippen molar-refractivity contribution in [3.8, 4) is 5.75 Å². The van der Waals surface area contributed by atoms with Crippen LogP contribution < -0.4 is 15.6 Å². The van der Waals surface area contributed by atoms with Crippen LogP contribution in [0.25, 0.3) is 0 Å². The highest BCUT2D eigenvalue weighted by atomic mass is 19.1. The number of amides is 1. The molecule has 1 aromatic carbocycles. The minimum Gasteiger partial charge on any atom is -0.481 e. The lowest BCUT2D eigenvalue weighted by Crippen LogP contribution is -2.38. The second-order valence-electron chi connectivity index (χ2n) is 4.62. The van der Waals surface area contributed by atoms with Gasteiger partial charge in [-0.1, -0.05) is 0 Å². The van der Waals surface area contributed by atoms with Crippen molar-refractivity contribution in [3.63, 3.8) is 0 Å². The number of benzene rings is 1. The van der Waals surface area contributed by atoms with E-state index >= 15 is 0 Å². The molecule has 0 bridgehead atoms. The molecule has 0 spiro atoms. The predicted molar refractivity (Wildman–Crippen MR) is 78.0 cm³/mol. The van der Waals surface area contributed by atoms with E-state index in [0.29, 0.717) is 12.3 Å². The van der Waals surface area contributed by atoms with Gasteiger partial charge in [0.05, 0.1) is 6.33 Å². The lowest BCUT2D eigenvalue weighted by molar-refractivity contribution is -0.127. The number of aromatic nitrogens is 2. The Labute approximate surface area is 126 Å². The van der Waals surface area contributed by atoms with Crippen molar-refractivity contribution in [1.82, 2.24) is 14.9 Å². The summed E-state index contributed by atoms with van der Waals surface area (Å²) in [5.41, 5.74) is -0.181. The Bertz CT molecular complexity index is 685. The standard InChI is InChI=1S/C15H16FN3O3/c1-11(22-13-4-2-12(16)3-5-13)15(21)18-8-9-19-10-17-7-6-14(19)20/h2-7,10-11H,8-9H2,1H3,(H,18,21). The average molecular weight is 305 g/mol. The van der Waals surface area contributed by atoms with E-state index in [-0.39, 0.29) is 23.8 Å². The second kappa shape index (κ2) is 7.35. The van der Waals surface area contributed by atoms with Crippen molar-refractivity contribution in [3.05, 3.63) is 59.0 Å². The Morgan fingerprint density at radius 1 is 1.36 bits per heavy atom. The number of hydrogen-bond donors (Lipinski definition) is 1. The quantitative estimate of drug-likeness (QED) is 0.863. The van der Waals surface area contributed by atoms with Crippen LogP contribution in [0.5, 0.6) is 5.75 Å². The van der Waals surface area contributed by atoms with Crippen molar-refractivity contribution in [2.24, 2.45) is 0 Å². The van der Waals surface area contributed by atoms with Gasteiger partial charge in [0.1, 0.15) is 11.6 Å². The van der Waals surface area contributed by atoms with Crippen LogP contribution in [0.4, 0.5) is 4.39 Å². The van der Waals surface area contributed by atoms with E-state index in [9.17, 15) is 14.0 Å². The van der Waals surface area contributed by atoms with Crippen LogP contribution >= 0.6 is 0 Å². The number of nitrogens with zero attached hydrogens (tertiary/aromatic N) is 2. The van der Waals surface area contributed by atoms with Crippen molar-refractivity contribution in [2.75, 3.05) is 6.54 Å². The molecule has 7 heteroatoms. The van der Waals surface area contributed by atoms with Gasteiger partial charge in [-0.2, -0.15) is 0 Å². The van der Waals surface area contributed by atoms with Crippen molar-refractivity contribution >= 4 is 5.91 Å². The molecule has 22 heavy (non-hydrogen) atoms. The van der Waals surface area contributed by atoms with Gasteiger partial charge in [0.2, 0.25) is 0 Å². The molecule has 0 saturated carbocycles. The largest absolute Gasteiger partial charge is 0.481 e. The summed E-state index contributed by atoms with van der Waals surface area (Å²) in [5.74, 6) is -0.278. The van der Waals surface area contributed by atoms with Crippen LogP contribution in [-0.2, 0) is 11.3 Å². The Hall–Kier alpha value is -2.70. The highest BCUT2D eigenvalue weighted by molar-refractivity contribution is 5.80. The summed E-state index contributed by atoms with van der Waals surface area (Å²) in [7, 11) is 0. The predicted octanol–water partition coefficient (Wildman–Crippen LogP) is 0.966. The first-order chi connectivity index (χ1) is 10.6. The van der Waals surface area contributed by atoms with Gasteiger partial charge in [0, 0.05) is 25.4 Å². The molecule has 0 aliphatic heterocycles. The lowest BCUT2D eigenvalue weighted by atomic mass is 10.3. The van der Waals surface area contributed by atoms with Gasteiger partial charge in [-0.3, -0.25) is 14.2 Å². The molecule has 1 atom stereocenters. The fourth-order valence-corrected chi connectivity index (χ4v) is 1.76. The van der Waals surface area contributed by atoms with Gasteiger partial charge in [0.15, 0.2) is 6.10 Å². The van der Waals surface area contributed by atoms with Gasteiger partial charge < -0.3 is 10.1 Å². The molecular formula is C15H16FN3O3. The Morgan fingerprint density at radius 2 is 2.09 bits per heavy atom. The number of nitrogens with one attached hydrogen (secondary N) is 1. The van der Waals surface area contributed by atoms with Gasteiger partial charge in [-0.15, -0.1) is 0 Å². The third-order valence-corrected chi connectivity index (χ3v) is 2.94. The summed E-state index contributed by atoms with van der Waals surface area (Å²) < 4.78 is 19.6. The maximum atomic E-state index is 12.8. The lowest BCUT2D eigenvalue weighted by Gasteiger charge is -2.15. The first-order valence-electron chi connectivity index (χ1n) is 6.76. The zero-order chi connectivity index (χ0) is 15.9. The number of rotatable bonds is 6. The molecule has 1 aromatic heterocycles. The topological polar surface area (TPSA) is 73.2 Å². The highest BCUT2D eigenvalue weighted by Gasteiger charge is 2.14. The van der Waals surface area contributed by atoms with E-state index in [0.717, 1.165) is 0 Å². The van der Waals surface area contributed by atoms with Crippen LogP contribution in [0.2, 0.25) is 0 Å². The van der Waals surface area contributed by atoms with Crippen molar-refractivity contribution < 1.29 is 13.9 Å². The first kappa shape index (κ1) is 15.7. The molecule has 6 nitrogen and oxygen atoms in total. The SMILES string of the molecule is CC(Oc1ccc(F)cc1)C(=O)NCCn1cnccc1=O. The molecule has 2 rings (SSSR count). The van der Waals surface area contributed by atoms with E-state index in [4.69, 9.17) is 4.74 Å². The maximum Gasteiger partial charge on any atom is 0.260 e. The van der Waals surface area contributed by atoms with Crippen LogP contribution in [-0.4, -0.2) is 28.1 Å². The minimum absolute atomic E-state index is 0.181. The summed E-state index contributed by atoms with van der Waals surface area (Å²) in [6.45, 7) is 2.19. The number of carbonyl (C=O) groups is 1. The number of halogens is 1. The number of carbonyl (C=O) groups excluding carboxylic acids is 1. The van der Waals surface area contributed by atoms with Crippen LogP contribution in [0, 0.1) is 5.82 Å². The summed E-state index contributed by atoms with van der Waals surface area (Å²) in [6.07, 6.45) is 2.10. The fraction of sp³-hybridized carbons (Fsp3) is 0.267. The van der Waals surface area contributed by atoms with Crippen LogP contribution in [0.3, 0.4) is 0 Å². The van der Waals surface area contributed by atoms with Crippen LogP contribution in [0.15, 0.2) is 47.7 Å². The highest BCUT2D eigenvalue weighted by Crippen LogP contribution is 2.12. The molecule has 0 aliphatic rings. The van der Waals surface area contributed by atoms with E-state index in [2.05, 4.69) is 10.3 Å². The fourth-order valence-electron chi connectivity index (χ4n) is 1.76. The summed E-state index contributed by atoms with van der Waals surface area (Å²) >= 11 is 0. The minimum atomic E-state index is -0.726. The first-order valence-corrected chi connectivity index (χ1v) is 6.76. The van der Waals surface area contributed by atoms with Gasteiger partial charge in [-0.05, 0) is 31.2 Å². The van der Waals surface area contributed by atoms with Crippen molar-refractivity contribution in [2.45, 2.75) is 19.6 Å². The monoisotopic (exact) mass is 305 g/mol. The molecule has 0 radical (unpaired) electrons. The van der Waals surface area contributed by atoms with Crippen LogP contribution in [0.1, 0.15) is 6.92 Å². The zero-order valence-electron chi connectivity index (χ0n) is 12.0. The maximum absolute atomic E-state index is 12.8. The number of hydrogen-bond acceptors (Lipinski definition) is 4. The molecule has 116 valence electrons. The van der Waals surface area contributed by atoms with E-state index in [1.165, 1.54) is 47.4 Å². The van der Waals surface area contributed by atoms with E-state index in [1.807, 2.05) is 0 Å². The van der Waals surface area contributed by atoms with E-state index in [1.54, 1.807) is 6.92 Å². The Kier molecular flexibility index (Phi) is 5.24.